The van der Waals surface area contributed by atoms with Gasteiger partial charge in [0.1, 0.15) is 17.0 Å². The van der Waals surface area contributed by atoms with E-state index in [-0.39, 0.29) is 11.3 Å². The van der Waals surface area contributed by atoms with Crippen molar-refractivity contribution in [2.45, 2.75) is 0 Å². The van der Waals surface area contributed by atoms with Crippen LogP contribution in [-0.4, -0.2) is 20.9 Å². The predicted octanol–water partition coefficient (Wildman–Crippen LogP) is 2.22. The van der Waals surface area contributed by atoms with Gasteiger partial charge in [-0.05, 0) is 24.3 Å². The molecule has 0 radical (unpaired) electrons. The number of anilines is 1. The third-order valence-corrected chi connectivity index (χ3v) is 3.07. The lowest BCUT2D eigenvalue weighted by atomic mass is 10.0. The zero-order chi connectivity index (χ0) is 14.3. The quantitative estimate of drug-likeness (QED) is 0.378. The fraction of sp³-hybridized carbons (Fsp3) is 0. The molecule has 0 spiro atoms. The molecule has 3 aromatic rings. The zero-order valence-electron chi connectivity index (χ0n) is 10.2. The molecule has 5 nitrogen and oxygen atoms in total. The number of aromatic amines is 1. The van der Waals surface area contributed by atoms with Gasteiger partial charge in [-0.15, -0.1) is 0 Å². The largest absolute Gasteiger partial charge is 0.507 e. The van der Waals surface area contributed by atoms with Crippen LogP contribution >= 0.6 is 0 Å². The first-order chi connectivity index (χ1) is 9.59. The Morgan fingerprint density at radius 3 is 2.95 bits per heavy atom. The highest BCUT2D eigenvalue weighted by molar-refractivity contribution is 6.17. The van der Waals surface area contributed by atoms with Gasteiger partial charge in [-0.2, -0.15) is 0 Å². The topological polar surface area (TPSA) is 92.0 Å². The van der Waals surface area contributed by atoms with Gasteiger partial charge in [-0.1, -0.05) is 0 Å². The van der Waals surface area contributed by atoms with E-state index in [9.17, 15) is 14.3 Å². The molecular formula is C14H10FN3O2. The van der Waals surface area contributed by atoms with E-state index in [4.69, 9.17) is 5.73 Å². The minimum absolute atomic E-state index is 0.191. The smallest absolute Gasteiger partial charge is 0.202 e. The number of aromatic nitrogens is 2. The van der Waals surface area contributed by atoms with E-state index in [1.54, 1.807) is 18.3 Å². The number of nitrogens with one attached hydrogen (secondary N) is 1. The van der Waals surface area contributed by atoms with E-state index in [2.05, 4.69) is 9.97 Å². The first-order valence-corrected chi connectivity index (χ1v) is 5.83. The van der Waals surface area contributed by atoms with Crippen molar-refractivity contribution in [3.63, 3.8) is 0 Å². The number of hydrogen-bond donors (Lipinski definition) is 3. The van der Waals surface area contributed by atoms with Crippen LogP contribution in [0.25, 0.3) is 11.0 Å². The normalized spacial score (nSPS) is 10.8. The average Bonchev–Trinajstić information content (AvgIpc) is 2.87. The number of phenols is 1. The summed E-state index contributed by atoms with van der Waals surface area (Å²) in [5, 5.41) is 10.3. The molecule has 20 heavy (non-hydrogen) atoms. The van der Waals surface area contributed by atoms with E-state index < -0.39 is 22.9 Å². The van der Waals surface area contributed by atoms with Gasteiger partial charge >= 0.3 is 0 Å². The zero-order valence-corrected chi connectivity index (χ0v) is 10.2. The second kappa shape index (κ2) is 4.34. The Balaban J connectivity index is 2.21. The highest BCUT2D eigenvalue weighted by Gasteiger charge is 2.23. The van der Waals surface area contributed by atoms with Gasteiger partial charge in [-0.25, -0.2) is 9.37 Å². The summed E-state index contributed by atoms with van der Waals surface area (Å²) >= 11 is 0. The van der Waals surface area contributed by atoms with Gasteiger partial charge in [0, 0.05) is 23.3 Å². The molecule has 0 bridgehead atoms. The number of carbonyl (C=O) groups excluding carboxylic acids is 1. The molecule has 100 valence electrons. The minimum atomic E-state index is -0.923. The number of carbonyl (C=O) groups is 1. The van der Waals surface area contributed by atoms with Gasteiger partial charge < -0.3 is 15.8 Å². The number of rotatable bonds is 2. The van der Waals surface area contributed by atoms with Crippen LogP contribution in [0.2, 0.25) is 0 Å². The summed E-state index contributed by atoms with van der Waals surface area (Å²) in [4.78, 5) is 19.3. The number of nitrogen functional groups attached to an aromatic ring is 1. The van der Waals surface area contributed by atoms with Crippen LogP contribution < -0.4 is 5.73 Å². The summed E-state index contributed by atoms with van der Waals surface area (Å²) in [5.41, 5.74) is 5.55. The molecular weight excluding hydrogens is 261 g/mol. The first-order valence-electron chi connectivity index (χ1n) is 5.83. The minimum Gasteiger partial charge on any atom is -0.507 e. The SMILES string of the molecule is Nc1ccc(O)c(C(=O)c2c[nH]c3ncccc23)c1F. The van der Waals surface area contributed by atoms with Crippen molar-refractivity contribution in [2.75, 3.05) is 5.73 Å². The Kier molecular flexibility index (Phi) is 2.64. The molecule has 2 aromatic heterocycles. The molecule has 0 aliphatic rings. The van der Waals surface area contributed by atoms with Crippen LogP contribution in [0.3, 0.4) is 0 Å². The van der Waals surface area contributed by atoms with Crippen molar-refractivity contribution >= 4 is 22.5 Å². The number of pyridine rings is 1. The number of nitrogens with zero attached hydrogens (tertiary/aromatic N) is 1. The maximum Gasteiger partial charge on any atom is 0.202 e. The fourth-order valence-electron chi connectivity index (χ4n) is 2.08. The van der Waals surface area contributed by atoms with Gasteiger partial charge in [0.05, 0.1) is 5.69 Å². The number of phenolic OH excluding ortho intramolecular Hbond substituents is 1. The van der Waals surface area contributed by atoms with Crippen molar-refractivity contribution in [1.82, 2.24) is 9.97 Å². The Hall–Kier alpha value is -2.89. The number of H-pyrrole nitrogens is 1. The van der Waals surface area contributed by atoms with E-state index in [0.717, 1.165) is 0 Å². The summed E-state index contributed by atoms with van der Waals surface area (Å²) < 4.78 is 14.0. The summed E-state index contributed by atoms with van der Waals surface area (Å²) in [6.07, 6.45) is 3.01. The van der Waals surface area contributed by atoms with Gasteiger partial charge in [-0.3, -0.25) is 4.79 Å². The number of ketones is 1. The molecule has 6 heteroatoms. The molecule has 3 rings (SSSR count). The average molecular weight is 271 g/mol. The highest BCUT2D eigenvalue weighted by atomic mass is 19.1. The second-order valence-corrected chi connectivity index (χ2v) is 4.29. The molecule has 0 aliphatic heterocycles. The molecule has 0 aliphatic carbocycles. The molecule has 0 amide bonds. The fourth-order valence-corrected chi connectivity index (χ4v) is 2.08. The number of nitrogens with two attached hydrogens (primary N) is 1. The summed E-state index contributed by atoms with van der Waals surface area (Å²) in [6, 6.07) is 5.76. The first kappa shape index (κ1) is 12.2. The maximum absolute atomic E-state index is 14.0. The van der Waals surface area contributed by atoms with Crippen LogP contribution in [0, 0.1) is 5.82 Å². The van der Waals surface area contributed by atoms with Crippen LogP contribution in [-0.2, 0) is 0 Å². The van der Waals surface area contributed by atoms with Crippen LogP contribution in [0.15, 0.2) is 36.7 Å². The lowest BCUT2D eigenvalue weighted by Crippen LogP contribution is -2.06. The number of fused-ring (bicyclic) bond motifs is 1. The van der Waals surface area contributed by atoms with Gasteiger partial charge in [0.15, 0.2) is 5.82 Å². The molecule has 0 saturated heterocycles. The predicted molar refractivity (Wildman–Crippen MR) is 72.0 cm³/mol. The molecule has 0 unspecified atom stereocenters. The standard InChI is InChI=1S/C14H10FN3O2/c15-12-9(16)3-4-10(19)11(12)13(20)8-6-18-14-7(8)2-1-5-17-14/h1-6,19H,16H2,(H,17,18). The maximum atomic E-state index is 14.0. The van der Waals surface area contributed by atoms with Crippen molar-refractivity contribution in [2.24, 2.45) is 0 Å². The van der Waals surface area contributed by atoms with Crippen molar-refractivity contribution in [3.05, 3.63) is 53.6 Å². The van der Waals surface area contributed by atoms with E-state index in [1.807, 2.05) is 0 Å². The Labute approximate surface area is 112 Å². The van der Waals surface area contributed by atoms with Crippen molar-refractivity contribution in [3.8, 4) is 5.75 Å². The van der Waals surface area contributed by atoms with Crippen molar-refractivity contribution < 1.29 is 14.3 Å². The number of benzene rings is 1. The third-order valence-electron chi connectivity index (χ3n) is 3.07. The Morgan fingerprint density at radius 1 is 1.35 bits per heavy atom. The van der Waals surface area contributed by atoms with E-state index in [0.29, 0.717) is 11.0 Å². The van der Waals surface area contributed by atoms with E-state index >= 15 is 0 Å². The Bertz CT molecular complexity index is 826. The summed E-state index contributed by atoms with van der Waals surface area (Å²) in [5.74, 6) is -2.01. The summed E-state index contributed by atoms with van der Waals surface area (Å²) in [6.45, 7) is 0. The van der Waals surface area contributed by atoms with Gasteiger partial charge in [0.25, 0.3) is 0 Å². The summed E-state index contributed by atoms with van der Waals surface area (Å²) in [7, 11) is 0. The van der Waals surface area contributed by atoms with Crippen LogP contribution in [0.1, 0.15) is 15.9 Å². The molecule has 0 fully saturated rings. The number of aromatic hydroxyl groups is 1. The molecule has 0 saturated carbocycles. The lowest BCUT2D eigenvalue weighted by molar-refractivity contribution is 0.103. The number of hydrogen-bond acceptors (Lipinski definition) is 4. The molecule has 0 atom stereocenters. The molecule has 1 aromatic carbocycles. The lowest BCUT2D eigenvalue weighted by Gasteiger charge is -2.06. The molecule has 2 heterocycles. The molecule has 4 N–H and O–H groups in total. The highest BCUT2D eigenvalue weighted by Crippen LogP contribution is 2.29. The van der Waals surface area contributed by atoms with Crippen molar-refractivity contribution in [1.29, 1.82) is 0 Å². The Morgan fingerprint density at radius 2 is 2.15 bits per heavy atom. The van der Waals surface area contributed by atoms with Gasteiger partial charge in [0.2, 0.25) is 5.78 Å². The number of halogens is 1. The monoisotopic (exact) mass is 271 g/mol. The third kappa shape index (κ3) is 1.70. The van der Waals surface area contributed by atoms with E-state index in [1.165, 1.54) is 18.3 Å². The second-order valence-electron chi connectivity index (χ2n) is 4.29. The van der Waals surface area contributed by atoms with Crippen LogP contribution in [0.4, 0.5) is 10.1 Å². The van der Waals surface area contributed by atoms with Crippen LogP contribution in [0.5, 0.6) is 5.75 Å².